The number of imidazole rings is 1. The molecule has 2 aromatic carbocycles. The van der Waals surface area contributed by atoms with E-state index >= 15 is 0 Å². The number of rotatable bonds is 10. The summed E-state index contributed by atoms with van der Waals surface area (Å²) in [6, 6.07) is 15.8. The lowest BCUT2D eigenvalue weighted by atomic mass is 10.0. The molecule has 0 fully saturated rings. The molecule has 37 heavy (non-hydrogen) atoms. The Morgan fingerprint density at radius 2 is 1.89 bits per heavy atom. The maximum absolute atomic E-state index is 13.3. The molecule has 0 unspecified atom stereocenters. The first-order valence-electron chi connectivity index (χ1n) is 13.1. The maximum Gasteiger partial charge on any atom is 0.202 e. The summed E-state index contributed by atoms with van der Waals surface area (Å²) in [6.07, 6.45) is 4.22. The summed E-state index contributed by atoms with van der Waals surface area (Å²) in [7, 11) is -1.11. The van der Waals surface area contributed by atoms with Gasteiger partial charge in [0.05, 0.1) is 17.4 Å². The molecule has 5 rings (SSSR count). The van der Waals surface area contributed by atoms with Crippen molar-refractivity contribution in [2.75, 3.05) is 13.2 Å². The monoisotopic (exact) mass is 515 g/mol. The third-order valence-corrected chi connectivity index (χ3v) is 8.66. The van der Waals surface area contributed by atoms with E-state index in [4.69, 9.17) is 9.84 Å². The normalized spacial score (nSPS) is 14.3. The van der Waals surface area contributed by atoms with Gasteiger partial charge in [0.15, 0.2) is 5.82 Å². The van der Waals surface area contributed by atoms with Crippen LogP contribution in [0.15, 0.2) is 54.9 Å². The van der Waals surface area contributed by atoms with Crippen LogP contribution >= 0.6 is 0 Å². The number of aromatic nitrogens is 4. The minimum Gasteiger partial charge on any atom is -0.360 e. The number of Topliss-reactive ketones (excluding diaryl/α,β-unsaturated/α-hetero) is 1. The highest BCUT2D eigenvalue weighted by Crippen LogP contribution is 2.22. The fourth-order valence-corrected chi connectivity index (χ4v) is 5.70. The van der Waals surface area contributed by atoms with Crippen LogP contribution in [0.2, 0.25) is 25.7 Å². The highest BCUT2D eigenvalue weighted by atomic mass is 28.3. The number of ether oxygens (including phenoxy) is 1. The summed E-state index contributed by atoms with van der Waals surface area (Å²) < 4.78 is 9.83. The predicted molar refractivity (Wildman–Crippen MR) is 149 cm³/mol. The highest BCUT2D eigenvalue weighted by molar-refractivity contribution is 6.76. The molecule has 0 radical (unpaired) electrons. The quantitative estimate of drug-likeness (QED) is 0.163. The molecule has 8 heteroatoms. The molecule has 0 saturated heterocycles. The maximum atomic E-state index is 13.3. The van der Waals surface area contributed by atoms with Gasteiger partial charge in [-0.25, -0.2) is 9.67 Å². The van der Waals surface area contributed by atoms with Crippen LogP contribution in [0, 0.1) is 6.92 Å². The molecule has 4 aromatic rings. The Morgan fingerprint density at radius 1 is 1.08 bits per heavy atom. The van der Waals surface area contributed by atoms with E-state index < -0.39 is 8.07 Å². The van der Waals surface area contributed by atoms with Crippen molar-refractivity contribution in [1.29, 1.82) is 0 Å². The lowest BCUT2D eigenvalue weighted by molar-refractivity contribution is 0.0791. The first-order chi connectivity index (χ1) is 17.7. The average molecular weight is 516 g/mol. The molecule has 3 heterocycles. The van der Waals surface area contributed by atoms with Gasteiger partial charge in [-0.05, 0) is 35.7 Å². The second-order valence-corrected chi connectivity index (χ2v) is 17.0. The molecule has 0 spiro atoms. The molecule has 0 N–H and O–H groups in total. The summed E-state index contributed by atoms with van der Waals surface area (Å²) in [6.45, 7) is 13.7. The molecule has 0 saturated carbocycles. The van der Waals surface area contributed by atoms with E-state index in [0.717, 1.165) is 66.6 Å². The van der Waals surface area contributed by atoms with Crippen LogP contribution in [-0.2, 0) is 37.5 Å². The van der Waals surface area contributed by atoms with Crippen molar-refractivity contribution in [2.24, 2.45) is 0 Å². The smallest absolute Gasteiger partial charge is 0.202 e. The number of carbonyl (C=O) groups excluding carboxylic acids is 1. The third kappa shape index (κ3) is 6.26. The lowest BCUT2D eigenvalue weighted by Crippen LogP contribution is -2.34. The molecule has 1 aliphatic rings. The molecule has 194 valence electrons. The van der Waals surface area contributed by atoms with E-state index in [9.17, 15) is 4.79 Å². The first kappa shape index (κ1) is 25.6. The summed E-state index contributed by atoms with van der Waals surface area (Å²) in [5.41, 5.74) is 5.43. The minimum absolute atomic E-state index is 0.0589. The Morgan fingerprint density at radius 3 is 2.68 bits per heavy atom. The SMILES string of the molecule is Cc1cc(CC(=O)c2ncc3n2CCN(Cc2ccccc2)C3)cc2cn(COCC[Si](C)(C)C)nc12. The van der Waals surface area contributed by atoms with E-state index in [0.29, 0.717) is 19.0 Å². The fraction of sp³-hybridized carbons (Fsp3) is 0.414. The van der Waals surface area contributed by atoms with Gasteiger partial charge in [0.2, 0.25) is 5.78 Å². The third-order valence-electron chi connectivity index (χ3n) is 6.95. The second kappa shape index (κ2) is 10.7. The minimum atomic E-state index is -1.11. The number of nitrogens with zero attached hydrogens (tertiary/aromatic N) is 5. The van der Waals surface area contributed by atoms with Crippen molar-refractivity contribution < 1.29 is 9.53 Å². The highest BCUT2D eigenvalue weighted by Gasteiger charge is 2.23. The van der Waals surface area contributed by atoms with Crippen molar-refractivity contribution >= 4 is 24.8 Å². The molecule has 0 aliphatic carbocycles. The van der Waals surface area contributed by atoms with Crippen LogP contribution < -0.4 is 0 Å². The van der Waals surface area contributed by atoms with Crippen molar-refractivity contribution in [3.63, 3.8) is 0 Å². The summed E-state index contributed by atoms with van der Waals surface area (Å²) in [4.78, 5) is 20.2. The van der Waals surface area contributed by atoms with Crippen molar-refractivity contribution in [3.05, 3.63) is 83.1 Å². The van der Waals surface area contributed by atoms with Gasteiger partial charge in [-0.1, -0.05) is 56.0 Å². The Labute approximate surface area is 220 Å². The molecule has 0 atom stereocenters. The number of hydrogen-bond acceptors (Lipinski definition) is 5. The largest absolute Gasteiger partial charge is 0.360 e. The van der Waals surface area contributed by atoms with Gasteiger partial charge in [-0.2, -0.15) is 5.10 Å². The van der Waals surface area contributed by atoms with Gasteiger partial charge < -0.3 is 9.30 Å². The molecule has 1 aliphatic heterocycles. The second-order valence-electron chi connectivity index (χ2n) is 11.4. The predicted octanol–water partition coefficient (Wildman–Crippen LogP) is 5.29. The Hall–Kier alpha value is -3.07. The molecule has 0 bridgehead atoms. The van der Waals surface area contributed by atoms with Crippen LogP contribution in [0.25, 0.3) is 10.9 Å². The Kier molecular flexibility index (Phi) is 7.42. The number of hydrogen-bond donors (Lipinski definition) is 0. The molecular formula is C29H37N5O2Si. The molecule has 2 aromatic heterocycles. The van der Waals surface area contributed by atoms with Gasteiger partial charge in [0.25, 0.3) is 0 Å². The summed E-state index contributed by atoms with van der Waals surface area (Å²) in [5.74, 6) is 0.627. The standard InChI is InChI=1S/C29H37N5O2Si/c1-22-14-24(15-25-19-33(31-28(22)25)21-36-12-13-37(2,3)4)16-27(35)29-30-17-26-20-32(10-11-34(26)29)18-23-8-6-5-7-9-23/h5-9,14-15,17,19H,10-13,16,18,20-21H2,1-4H3. The van der Waals surface area contributed by atoms with Crippen molar-refractivity contribution in [1.82, 2.24) is 24.2 Å². The first-order valence-corrected chi connectivity index (χ1v) is 16.8. The summed E-state index contributed by atoms with van der Waals surface area (Å²) >= 11 is 0. The van der Waals surface area contributed by atoms with Gasteiger partial charge in [-0.15, -0.1) is 0 Å². The van der Waals surface area contributed by atoms with E-state index in [1.165, 1.54) is 5.56 Å². The van der Waals surface area contributed by atoms with Crippen LogP contribution in [0.3, 0.4) is 0 Å². The molecule has 0 amide bonds. The van der Waals surface area contributed by atoms with Gasteiger partial charge in [0.1, 0.15) is 6.73 Å². The Balaban J connectivity index is 1.23. The zero-order valence-electron chi connectivity index (χ0n) is 22.4. The number of ketones is 1. The summed E-state index contributed by atoms with van der Waals surface area (Å²) in [5, 5.41) is 5.75. The zero-order valence-corrected chi connectivity index (χ0v) is 23.4. The van der Waals surface area contributed by atoms with E-state index in [2.05, 4.69) is 77.4 Å². The number of benzene rings is 2. The zero-order chi connectivity index (χ0) is 26.0. The van der Waals surface area contributed by atoms with Crippen LogP contribution in [0.4, 0.5) is 0 Å². The number of carbonyl (C=O) groups is 1. The van der Waals surface area contributed by atoms with Crippen molar-refractivity contribution in [2.45, 2.75) is 65.4 Å². The van der Waals surface area contributed by atoms with E-state index in [-0.39, 0.29) is 5.78 Å². The van der Waals surface area contributed by atoms with Gasteiger partial charge >= 0.3 is 0 Å². The van der Waals surface area contributed by atoms with Crippen LogP contribution in [0.5, 0.6) is 0 Å². The topological polar surface area (TPSA) is 65.2 Å². The van der Waals surface area contributed by atoms with Crippen LogP contribution in [0.1, 0.15) is 33.0 Å². The lowest BCUT2D eigenvalue weighted by Gasteiger charge is -2.28. The fourth-order valence-electron chi connectivity index (χ4n) is 4.94. The van der Waals surface area contributed by atoms with Crippen LogP contribution in [-0.4, -0.2) is 51.2 Å². The van der Waals surface area contributed by atoms with E-state index in [1.807, 2.05) is 23.1 Å². The average Bonchev–Trinajstić information content (AvgIpc) is 3.46. The molecular weight excluding hydrogens is 478 g/mol. The number of fused-ring (bicyclic) bond motifs is 2. The van der Waals surface area contributed by atoms with Gasteiger partial charge in [-0.3, -0.25) is 9.69 Å². The van der Waals surface area contributed by atoms with Gasteiger partial charge in [0, 0.05) is 58.9 Å². The number of aryl methyl sites for hydroxylation is 1. The Bertz CT molecular complexity index is 1390. The van der Waals surface area contributed by atoms with Crippen molar-refractivity contribution in [3.8, 4) is 0 Å². The molecule has 7 nitrogen and oxygen atoms in total. The van der Waals surface area contributed by atoms with E-state index in [1.54, 1.807) is 0 Å².